The molecule has 0 atom stereocenters. The van der Waals surface area contributed by atoms with Gasteiger partial charge in [0.1, 0.15) is 0 Å². The molecule has 1 amide bonds. The van der Waals surface area contributed by atoms with Crippen LogP contribution in [-0.2, 0) is 0 Å². The van der Waals surface area contributed by atoms with Crippen molar-refractivity contribution in [2.75, 3.05) is 25.5 Å². The van der Waals surface area contributed by atoms with Crippen LogP contribution in [0.25, 0.3) is 0 Å². The van der Waals surface area contributed by atoms with Crippen molar-refractivity contribution < 1.29 is 4.79 Å². The fourth-order valence-corrected chi connectivity index (χ4v) is 2.24. The van der Waals surface area contributed by atoms with Crippen molar-refractivity contribution in [3.8, 4) is 0 Å². The first kappa shape index (κ1) is 15.3. The fourth-order valence-electron chi connectivity index (χ4n) is 1.42. The lowest BCUT2D eigenvalue weighted by Gasteiger charge is -2.18. The summed E-state index contributed by atoms with van der Waals surface area (Å²) in [5.74, 6) is 0.144. The van der Waals surface area contributed by atoms with Crippen LogP contribution in [0.5, 0.6) is 0 Å². The Labute approximate surface area is 107 Å². The Kier molecular flexibility index (Phi) is 7.17. The Morgan fingerprint density at radius 1 is 1.44 bits per heavy atom. The Balaban J connectivity index is 0.00000225. The molecule has 0 aromatic carbocycles. The molecule has 0 radical (unpaired) electrons. The van der Waals surface area contributed by atoms with Crippen LogP contribution in [0.2, 0.25) is 0 Å². The summed E-state index contributed by atoms with van der Waals surface area (Å²) in [6.45, 7) is 5.71. The number of nitrogens with zero attached hydrogens (tertiary/aromatic N) is 1. The monoisotopic (exact) mass is 262 g/mol. The van der Waals surface area contributed by atoms with Gasteiger partial charge in [-0.05, 0) is 25.5 Å². The summed E-state index contributed by atoms with van der Waals surface area (Å²) >= 11 is 1.51. The number of nitrogens with one attached hydrogen (secondary N) is 1. The van der Waals surface area contributed by atoms with E-state index in [1.807, 2.05) is 31.0 Å². The zero-order valence-corrected chi connectivity index (χ0v) is 11.6. The summed E-state index contributed by atoms with van der Waals surface area (Å²) < 4.78 is 0. The second-order valence-electron chi connectivity index (χ2n) is 3.30. The largest absolute Gasteiger partial charge is 0.380 e. The van der Waals surface area contributed by atoms with E-state index in [0.29, 0.717) is 0 Å². The van der Waals surface area contributed by atoms with E-state index in [4.69, 9.17) is 0 Å². The zero-order valence-electron chi connectivity index (χ0n) is 9.95. The summed E-state index contributed by atoms with van der Waals surface area (Å²) in [5.41, 5.74) is 0. The Morgan fingerprint density at radius 3 is 2.56 bits per heavy atom. The summed E-state index contributed by atoms with van der Waals surface area (Å²) in [7, 11) is 1.86. The van der Waals surface area contributed by atoms with Gasteiger partial charge in [0.2, 0.25) is 0 Å². The summed E-state index contributed by atoms with van der Waals surface area (Å²) in [5, 5.41) is 4.07. The molecule has 5 heteroatoms. The van der Waals surface area contributed by atoms with E-state index in [2.05, 4.69) is 12.2 Å². The number of anilines is 1. The lowest BCUT2D eigenvalue weighted by atomic mass is 10.3. The standard InChI is InChI=1S/C11H18N2OS.ClH/c1-4-8-13(5-2)11(14)9-6-7-10(12-3)15-9;/h6-7,12H,4-5,8H2,1-3H3;1H. The molecule has 0 fully saturated rings. The molecule has 0 saturated heterocycles. The van der Waals surface area contributed by atoms with Crippen LogP contribution in [0.4, 0.5) is 5.00 Å². The number of hydrogen-bond donors (Lipinski definition) is 1. The van der Waals surface area contributed by atoms with E-state index < -0.39 is 0 Å². The number of rotatable bonds is 5. The molecule has 0 unspecified atom stereocenters. The Bertz CT molecular complexity index is 328. The smallest absolute Gasteiger partial charge is 0.263 e. The Morgan fingerprint density at radius 2 is 2.12 bits per heavy atom. The number of carbonyl (C=O) groups excluding carboxylic acids is 1. The van der Waals surface area contributed by atoms with Gasteiger partial charge in [-0.25, -0.2) is 0 Å². The molecule has 0 bridgehead atoms. The molecule has 1 N–H and O–H groups in total. The molecule has 0 aliphatic carbocycles. The highest BCUT2D eigenvalue weighted by molar-refractivity contribution is 7.17. The SMILES string of the molecule is CCCN(CC)C(=O)c1ccc(NC)s1.Cl. The quantitative estimate of drug-likeness (QED) is 0.885. The van der Waals surface area contributed by atoms with Crippen LogP contribution in [0.1, 0.15) is 29.9 Å². The van der Waals surface area contributed by atoms with Crippen molar-refractivity contribution in [1.82, 2.24) is 4.90 Å². The third-order valence-corrected chi connectivity index (χ3v) is 3.32. The van der Waals surface area contributed by atoms with Crippen molar-refractivity contribution >= 4 is 34.7 Å². The third-order valence-electron chi connectivity index (χ3n) is 2.23. The normalized spacial score (nSPS) is 9.44. The van der Waals surface area contributed by atoms with E-state index in [-0.39, 0.29) is 18.3 Å². The van der Waals surface area contributed by atoms with Crippen LogP contribution in [-0.4, -0.2) is 30.9 Å². The number of halogens is 1. The molecule has 3 nitrogen and oxygen atoms in total. The molecular weight excluding hydrogens is 244 g/mol. The van der Waals surface area contributed by atoms with E-state index >= 15 is 0 Å². The molecule has 1 aromatic rings. The first-order valence-electron chi connectivity index (χ1n) is 5.29. The van der Waals surface area contributed by atoms with Crippen LogP contribution in [0.3, 0.4) is 0 Å². The molecule has 16 heavy (non-hydrogen) atoms. The van der Waals surface area contributed by atoms with Crippen molar-refractivity contribution in [2.45, 2.75) is 20.3 Å². The molecule has 92 valence electrons. The minimum Gasteiger partial charge on any atom is -0.380 e. The van der Waals surface area contributed by atoms with E-state index in [1.165, 1.54) is 11.3 Å². The maximum Gasteiger partial charge on any atom is 0.263 e. The number of thiophene rings is 1. The predicted molar refractivity (Wildman–Crippen MR) is 73.0 cm³/mol. The molecule has 1 rings (SSSR count). The molecule has 0 aliphatic rings. The summed E-state index contributed by atoms with van der Waals surface area (Å²) in [6.07, 6.45) is 1.00. The van der Waals surface area contributed by atoms with E-state index in [0.717, 1.165) is 29.4 Å². The molecule has 0 saturated carbocycles. The lowest BCUT2D eigenvalue weighted by molar-refractivity contribution is 0.0769. The first-order valence-corrected chi connectivity index (χ1v) is 6.11. The number of carbonyl (C=O) groups is 1. The fraction of sp³-hybridized carbons (Fsp3) is 0.545. The third kappa shape index (κ3) is 3.68. The zero-order chi connectivity index (χ0) is 11.3. The lowest BCUT2D eigenvalue weighted by Crippen LogP contribution is -2.30. The predicted octanol–water partition coefficient (Wildman–Crippen LogP) is 3.08. The van der Waals surface area contributed by atoms with Gasteiger partial charge in [-0.2, -0.15) is 0 Å². The van der Waals surface area contributed by atoms with Crippen molar-refractivity contribution in [1.29, 1.82) is 0 Å². The van der Waals surface area contributed by atoms with Gasteiger partial charge in [-0.15, -0.1) is 23.7 Å². The number of amides is 1. The van der Waals surface area contributed by atoms with Gasteiger partial charge in [0.05, 0.1) is 9.88 Å². The van der Waals surface area contributed by atoms with Crippen LogP contribution in [0, 0.1) is 0 Å². The Hall–Kier alpha value is -0.740. The average molecular weight is 263 g/mol. The molecule has 0 spiro atoms. The van der Waals surface area contributed by atoms with Gasteiger partial charge >= 0.3 is 0 Å². The summed E-state index contributed by atoms with van der Waals surface area (Å²) in [4.78, 5) is 14.7. The molecule has 1 heterocycles. The van der Waals surface area contributed by atoms with Crippen molar-refractivity contribution in [3.63, 3.8) is 0 Å². The molecule has 0 aliphatic heterocycles. The maximum atomic E-state index is 12.0. The van der Waals surface area contributed by atoms with E-state index in [1.54, 1.807) is 0 Å². The topological polar surface area (TPSA) is 32.3 Å². The van der Waals surface area contributed by atoms with Gasteiger partial charge in [0.15, 0.2) is 0 Å². The van der Waals surface area contributed by atoms with E-state index in [9.17, 15) is 4.79 Å². The van der Waals surface area contributed by atoms with Gasteiger partial charge in [0.25, 0.3) is 5.91 Å². The maximum absolute atomic E-state index is 12.0. The van der Waals surface area contributed by atoms with Crippen LogP contribution in [0.15, 0.2) is 12.1 Å². The van der Waals surface area contributed by atoms with Crippen LogP contribution < -0.4 is 5.32 Å². The minimum absolute atomic E-state index is 0. The van der Waals surface area contributed by atoms with Gasteiger partial charge in [-0.3, -0.25) is 4.79 Å². The summed E-state index contributed by atoms with van der Waals surface area (Å²) in [6, 6.07) is 3.83. The number of hydrogen-bond acceptors (Lipinski definition) is 3. The highest BCUT2D eigenvalue weighted by Crippen LogP contribution is 2.22. The molecule has 1 aromatic heterocycles. The van der Waals surface area contributed by atoms with Crippen LogP contribution >= 0.6 is 23.7 Å². The van der Waals surface area contributed by atoms with Gasteiger partial charge < -0.3 is 10.2 Å². The highest BCUT2D eigenvalue weighted by Gasteiger charge is 2.14. The highest BCUT2D eigenvalue weighted by atomic mass is 35.5. The second-order valence-corrected chi connectivity index (χ2v) is 4.38. The van der Waals surface area contributed by atoms with Gasteiger partial charge in [-0.1, -0.05) is 6.92 Å². The van der Waals surface area contributed by atoms with Crippen molar-refractivity contribution in [2.24, 2.45) is 0 Å². The van der Waals surface area contributed by atoms with Gasteiger partial charge in [0, 0.05) is 20.1 Å². The van der Waals surface area contributed by atoms with Crippen molar-refractivity contribution in [3.05, 3.63) is 17.0 Å². The first-order chi connectivity index (χ1) is 7.22. The minimum atomic E-state index is 0. The molecular formula is C11H19ClN2OS. The average Bonchev–Trinajstić information content (AvgIpc) is 2.73. The second kappa shape index (κ2) is 7.52.